The Kier molecular flexibility index (Phi) is 5.74. The van der Waals surface area contributed by atoms with Crippen LogP contribution in [0, 0.1) is 12.8 Å². The highest BCUT2D eigenvalue weighted by atomic mass is 32.2. The lowest BCUT2D eigenvalue weighted by Gasteiger charge is -2.26. The van der Waals surface area contributed by atoms with E-state index < -0.39 is 15.9 Å². The van der Waals surface area contributed by atoms with E-state index in [9.17, 15) is 13.2 Å². The van der Waals surface area contributed by atoms with Gasteiger partial charge >= 0.3 is 0 Å². The lowest BCUT2D eigenvalue weighted by atomic mass is 9.92. The molecule has 9 nitrogen and oxygen atoms in total. The van der Waals surface area contributed by atoms with Crippen molar-refractivity contribution in [2.24, 2.45) is 13.0 Å². The van der Waals surface area contributed by atoms with E-state index >= 15 is 0 Å². The molecule has 0 bridgehead atoms. The molecule has 1 aromatic carbocycles. The van der Waals surface area contributed by atoms with E-state index in [0.29, 0.717) is 65.6 Å². The van der Waals surface area contributed by atoms with Crippen LogP contribution in [0.15, 0.2) is 35.5 Å². The number of carbonyl (C=O) groups excluding carboxylic acids is 1. The standard InChI is InChI=1S/C23H29N5O4S/c1-15-3-6-19-18(22(15)33(30,31)17-4-5-17)14-24-28(19)20(13-16-8-11-32-12-9-16)23(29)25-21-7-10-27(2)26-21/h3,6-7,10,14,16-17,20H,4-5,8-9,11-13H2,1-2H3,(H,25,26,29)/t20-/m0/s1. The summed E-state index contributed by atoms with van der Waals surface area (Å²) in [7, 11) is -1.62. The fourth-order valence-corrected chi connectivity index (χ4v) is 6.75. The molecule has 0 unspecified atom stereocenters. The van der Waals surface area contributed by atoms with E-state index in [4.69, 9.17) is 4.74 Å². The van der Waals surface area contributed by atoms with Crippen molar-refractivity contribution in [1.82, 2.24) is 19.6 Å². The monoisotopic (exact) mass is 471 g/mol. The number of aryl methyl sites for hydroxylation is 2. The molecule has 5 rings (SSSR count). The summed E-state index contributed by atoms with van der Waals surface area (Å²) in [5.41, 5.74) is 1.38. The second kappa shape index (κ2) is 8.57. The number of fused-ring (bicyclic) bond motifs is 1. The van der Waals surface area contributed by atoms with Crippen molar-refractivity contribution < 1.29 is 17.9 Å². The molecule has 1 aliphatic carbocycles. The maximum atomic E-state index is 13.4. The minimum Gasteiger partial charge on any atom is -0.381 e. The van der Waals surface area contributed by atoms with Gasteiger partial charge in [-0.2, -0.15) is 10.2 Å². The topological polar surface area (TPSA) is 108 Å². The van der Waals surface area contributed by atoms with Gasteiger partial charge < -0.3 is 10.1 Å². The first-order chi connectivity index (χ1) is 15.8. The fraction of sp³-hybridized carbons (Fsp3) is 0.522. The van der Waals surface area contributed by atoms with Crippen molar-refractivity contribution in [1.29, 1.82) is 0 Å². The van der Waals surface area contributed by atoms with Gasteiger partial charge in [0.25, 0.3) is 0 Å². The highest BCUT2D eigenvalue weighted by molar-refractivity contribution is 7.92. The first-order valence-electron chi connectivity index (χ1n) is 11.4. The van der Waals surface area contributed by atoms with Gasteiger partial charge in [-0.3, -0.25) is 14.2 Å². The summed E-state index contributed by atoms with van der Waals surface area (Å²) in [5, 5.41) is 12.0. The first kappa shape index (κ1) is 22.1. The Bertz CT molecular complexity index is 1290. The van der Waals surface area contributed by atoms with Crippen molar-refractivity contribution in [3.05, 3.63) is 36.2 Å². The molecule has 2 fully saturated rings. The number of benzene rings is 1. The summed E-state index contributed by atoms with van der Waals surface area (Å²) in [6.45, 7) is 3.18. The molecule has 10 heteroatoms. The van der Waals surface area contributed by atoms with Gasteiger partial charge in [0.2, 0.25) is 5.91 Å². The molecule has 1 aliphatic heterocycles. The van der Waals surface area contributed by atoms with E-state index in [-0.39, 0.29) is 11.2 Å². The molecule has 176 valence electrons. The summed E-state index contributed by atoms with van der Waals surface area (Å²) in [4.78, 5) is 13.8. The van der Waals surface area contributed by atoms with Crippen LogP contribution in [-0.4, -0.2) is 52.3 Å². The average molecular weight is 472 g/mol. The number of ether oxygens (including phenoxy) is 1. The maximum absolute atomic E-state index is 13.4. The van der Waals surface area contributed by atoms with E-state index in [1.807, 2.05) is 19.1 Å². The van der Waals surface area contributed by atoms with Crippen LogP contribution in [0.4, 0.5) is 5.82 Å². The van der Waals surface area contributed by atoms with Crippen LogP contribution < -0.4 is 5.32 Å². The van der Waals surface area contributed by atoms with Gasteiger partial charge in [0.15, 0.2) is 15.7 Å². The van der Waals surface area contributed by atoms with Crippen LogP contribution in [0.5, 0.6) is 0 Å². The predicted octanol–water partition coefficient (Wildman–Crippen LogP) is 3.01. The number of hydrogen-bond acceptors (Lipinski definition) is 6. The number of anilines is 1. The zero-order valence-corrected chi connectivity index (χ0v) is 19.7. The number of amides is 1. The number of nitrogens with zero attached hydrogens (tertiary/aromatic N) is 4. The number of hydrogen-bond donors (Lipinski definition) is 1. The third kappa shape index (κ3) is 4.29. The maximum Gasteiger partial charge on any atom is 0.250 e. The van der Waals surface area contributed by atoms with Gasteiger partial charge in [0, 0.05) is 37.9 Å². The van der Waals surface area contributed by atoms with Crippen molar-refractivity contribution in [2.75, 3.05) is 18.5 Å². The molecule has 2 aliphatic rings. The van der Waals surface area contributed by atoms with Crippen LogP contribution in [0.2, 0.25) is 0 Å². The van der Waals surface area contributed by atoms with Crippen LogP contribution in [0.3, 0.4) is 0 Å². The quantitative estimate of drug-likeness (QED) is 0.568. The molecule has 0 spiro atoms. The van der Waals surface area contributed by atoms with E-state index in [2.05, 4.69) is 15.5 Å². The van der Waals surface area contributed by atoms with Crippen LogP contribution in [-0.2, 0) is 26.4 Å². The van der Waals surface area contributed by atoms with Gasteiger partial charge in [-0.25, -0.2) is 8.42 Å². The molecular weight excluding hydrogens is 442 g/mol. The SMILES string of the molecule is Cc1ccc2c(cnn2[C@@H](CC2CCOCC2)C(=O)Nc2ccn(C)n2)c1S(=O)(=O)C1CC1. The Labute approximate surface area is 193 Å². The minimum atomic E-state index is -3.41. The molecule has 1 saturated carbocycles. The average Bonchev–Trinajstić information content (AvgIpc) is 3.47. The molecule has 1 atom stereocenters. The number of aromatic nitrogens is 4. The van der Waals surface area contributed by atoms with Crippen LogP contribution in [0.1, 0.15) is 43.7 Å². The molecule has 33 heavy (non-hydrogen) atoms. The Hall–Kier alpha value is -2.72. The van der Waals surface area contributed by atoms with Crippen molar-refractivity contribution in [2.45, 2.75) is 55.2 Å². The Balaban J connectivity index is 1.55. The number of sulfone groups is 1. The second-order valence-electron chi connectivity index (χ2n) is 9.15. The Morgan fingerprint density at radius 3 is 2.64 bits per heavy atom. The fourth-order valence-electron chi connectivity index (χ4n) is 4.68. The van der Waals surface area contributed by atoms with E-state index in [1.54, 1.807) is 34.9 Å². The summed E-state index contributed by atoms with van der Waals surface area (Å²) in [6, 6.07) is 4.84. The number of rotatable bonds is 7. The van der Waals surface area contributed by atoms with Crippen molar-refractivity contribution in [3.63, 3.8) is 0 Å². The van der Waals surface area contributed by atoms with Crippen LogP contribution in [0.25, 0.3) is 10.9 Å². The lowest BCUT2D eigenvalue weighted by molar-refractivity contribution is -0.120. The molecule has 1 saturated heterocycles. The number of carbonyl (C=O) groups is 1. The Morgan fingerprint density at radius 2 is 1.97 bits per heavy atom. The summed E-state index contributed by atoms with van der Waals surface area (Å²) < 4.78 is 35.1. The predicted molar refractivity (Wildman–Crippen MR) is 124 cm³/mol. The highest BCUT2D eigenvalue weighted by Crippen LogP contribution is 2.39. The molecule has 2 aromatic heterocycles. The normalized spacial score (nSPS) is 18.5. The third-order valence-corrected chi connectivity index (χ3v) is 9.10. The molecule has 3 aromatic rings. The van der Waals surface area contributed by atoms with Crippen molar-refractivity contribution in [3.8, 4) is 0 Å². The van der Waals surface area contributed by atoms with Crippen molar-refractivity contribution >= 4 is 32.5 Å². The molecule has 0 radical (unpaired) electrons. The Morgan fingerprint density at radius 1 is 1.21 bits per heavy atom. The van der Waals surface area contributed by atoms with E-state index in [1.165, 1.54) is 0 Å². The van der Waals surface area contributed by atoms with Gasteiger partial charge in [0.1, 0.15) is 6.04 Å². The molecule has 1 N–H and O–H groups in total. The number of nitrogens with one attached hydrogen (secondary N) is 1. The molecule has 3 heterocycles. The zero-order valence-electron chi connectivity index (χ0n) is 18.9. The lowest BCUT2D eigenvalue weighted by Crippen LogP contribution is -2.30. The van der Waals surface area contributed by atoms with Gasteiger partial charge in [-0.15, -0.1) is 0 Å². The second-order valence-corrected chi connectivity index (χ2v) is 11.3. The smallest absolute Gasteiger partial charge is 0.250 e. The highest BCUT2D eigenvalue weighted by Gasteiger charge is 2.39. The molecular formula is C23H29N5O4S. The van der Waals surface area contributed by atoms with Gasteiger partial charge in [-0.1, -0.05) is 6.07 Å². The minimum absolute atomic E-state index is 0.211. The van der Waals surface area contributed by atoms with Gasteiger partial charge in [-0.05, 0) is 56.6 Å². The summed E-state index contributed by atoms with van der Waals surface area (Å²) >= 11 is 0. The first-order valence-corrected chi connectivity index (χ1v) is 13.0. The summed E-state index contributed by atoms with van der Waals surface area (Å²) in [5.74, 6) is 0.582. The largest absolute Gasteiger partial charge is 0.381 e. The third-order valence-electron chi connectivity index (χ3n) is 6.64. The van der Waals surface area contributed by atoms with Crippen LogP contribution >= 0.6 is 0 Å². The molecule has 1 amide bonds. The van der Waals surface area contributed by atoms with E-state index in [0.717, 1.165) is 12.8 Å². The van der Waals surface area contributed by atoms with Gasteiger partial charge in [0.05, 0.1) is 21.9 Å². The summed E-state index contributed by atoms with van der Waals surface area (Å²) in [6.07, 6.45) is 7.13. The zero-order chi connectivity index (χ0) is 23.2.